The zero-order valence-corrected chi connectivity index (χ0v) is 12.0. The third kappa shape index (κ3) is 3.55. The van der Waals surface area contributed by atoms with Gasteiger partial charge in [0.05, 0.1) is 18.6 Å². The molecular formula is C13H18FN3O2S. The fraction of sp³-hybridized carbons (Fsp3) is 0.538. The summed E-state index contributed by atoms with van der Waals surface area (Å²) in [6, 6.07) is 3.07. The topological polar surface area (TPSA) is 75.4 Å². The van der Waals surface area contributed by atoms with Crippen LogP contribution in [-0.4, -0.2) is 42.0 Å². The van der Waals surface area contributed by atoms with E-state index < -0.39 is 18.1 Å². The fourth-order valence-corrected chi connectivity index (χ4v) is 3.13. The predicted molar refractivity (Wildman–Crippen MR) is 74.9 cm³/mol. The number of primary amides is 1. The van der Waals surface area contributed by atoms with Crippen LogP contribution in [0.25, 0.3) is 0 Å². The lowest BCUT2D eigenvalue weighted by molar-refractivity contribution is -0.126. The van der Waals surface area contributed by atoms with Crippen molar-refractivity contribution in [2.45, 2.75) is 31.6 Å². The summed E-state index contributed by atoms with van der Waals surface area (Å²) in [7, 11) is 0. The molecule has 0 saturated carbocycles. The second kappa shape index (κ2) is 6.32. The van der Waals surface area contributed by atoms with Crippen molar-refractivity contribution in [3.8, 4) is 0 Å². The monoisotopic (exact) mass is 299 g/mol. The second-order valence-electron chi connectivity index (χ2n) is 4.99. The number of amides is 2. The summed E-state index contributed by atoms with van der Waals surface area (Å²) >= 11 is 1.56. The maximum absolute atomic E-state index is 13.3. The van der Waals surface area contributed by atoms with Crippen molar-refractivity contribution in [2.24, 2.45) is 5.73 Å². The number of carbonyl (C=O) groups excluding carboxylic acids is 2. The summed E-state index contributed by atoms with van der Waals surface area (Å²) in [5.74, 6) is -0.810. The molecule has 20 heavy (non-hydrogen) atoms. The number of alkyl halides is 1. The molecule has 1 aromatic rings. The Labute approximate surface area is 120 Å². The molecule has 1 aromatic heterocycles. The van der Waals surface area contributed by atoms with Crippen molar-refractivity contribution < 1.29 is 14.0 Å². The number of carbonyl (C=O) groups is 2. The van der Waals surface area contributed by atoms with Crippen molar-refractivity contribution in [3.63, 3.8) is 0 Å². The first-order valence-electron chi connectivity index (χ1n) is 6.47. The number of nitrogens with two attached hydrogens (primary N) is 1. The van der Waals surface area contributed by atoms with E-state index >= 15 is 0 Å². The van der Waals surface area contributed by atoms with E-state index in [1.807, 2.05) is 24.4 Å². The largest absolute Gasteiger partial charge is 0.368 e. The Kier molecular flexibility index (Phi) is 4.72. The van der Waals surface area contributed by atoms with Crippen LogP contribution in [0.1, 0.15) is 24.3 Å². The molecule has 3 N–H and O–H groups in total. The quantitative estimate of drug-likeness (QED) is 0.845. The van der Waals surface area contributed by atoms with Gasteiger partial charge in [0.15, 0.2) is 0 Å². The van der Waals surface area contributed by atoms with Crippen LogP contribution in [0.15, 0.2) is 17.5 Å². The van der Waals surface area contributed by atoms with Crippen molar-refractivity contribution in [2.75, 3.05) is 13.1 Å². The first-order valence-corrected chi connectivity index (χ1v) is 7.35. The molecule has 3 atom stereocenters. The summed E-state index contributed by atoms with van der Waals surface area (Å²) in [5.41, 5.74) is 5.23. The number of rotatable bonds is 5. The lowest BCUT2D eigenvalue weighted by atomic mass is 10.2. The molecule has 0 aliphatic carbocycles. The highest BCUT2D eigenvalue weighted by Gasteiger charge is 2.36. The lowest BCUT2D eigenvalue weighted by Gasteiger charge is -2.21. The van der Waals surface area contributed by atoms with Gasteiger partial charge < -0.3 is 11.1 Å². The molecule has 1 saturated heterocycles. The van der Waals surface area contributed by atoms with Gasteiger partial charge in [-0.15, -0.1) is 11.3 Å². The van der Waals surface area contributed by atoms with Gasteiger partial charge in [-0.3, -0.25) is 14.5 Å². The van der Waals surface area contributed by atoms with Crippen LogP contribution >= 0.6 is 11.3 Å². The highest BCUT2D eigenvalue weighted by molar-refractivity contribution is 7.10. The number of likely N-dealkylation sites (tertiary alicyclic amines) is 1. The zero-order chi connectivity index (χ0) is 14.7. The van der Waals surface area contributed by atoms with E-state index in [4.69, 9.17) is 5.73 Å². The standard InChI is InChI=1S/C13H18FN3O2S/c1-8(11-3-2-4-20-11)16-12(18)7-17-6-9(14)5-10(17)13(15)19/h2-4,8-10H,5-7H2,1H3,(H2,15,19)(H,16,18)/t8?,9-,10+/m1/s1. The van der Waals surface area contributed by atoms with Gasteiger partial charge in [0.2, 0.25) is 11.8 Å². The molecule has 7 heteroatoms. The summed E-state index contributed by atoms with van der Waals surface area (Å²) < 4.78 is 13.3. The Hall–Kier alpha value is -1.47. The second-order valence-corrected chi connectivity index (χ2v) is 5.96. The highest BCUT2D eigenvalue weighted by Crippen LogP contribution is 2.21. The average Bonchev–Trinajstić information content (AvgIpc) is 2.98. The molecule has 5 nitrogen and oxygen atoms in total. The van der Waals surface area contributed by atoms with Gasteiger partial charge in [-0.25, -0.2) is 4.39 Å². The SMILES string of the molecule is CC(NC(=O)CN1C[C@H](F)C[C@H]1C(N)=O)c1cccs1. The van der Waals surface area contributed by atoms with E-state index in [0.717, 1.165) is 4.88 Å². The fourth-order valence-electron chi connectivity index (χ4n) is 2.40. The van der Waals surface area contributed by atoms with Crippen molar-refractivity contribution >= 4 is 23.2 Å². The number of halogens is 1. The molecule has 110 valence electrons. The van der Waals surface area contributed by atoms with Gasteiger partial charge in [-0.2, -0.15) is 0 Å². The summed E-state index contributed by atoms with van der Waals surface area (Å²) in [6.07, 6.45) is -1.03. The zero-order valence-electron chi connectivity index (χ0n) is 11.2. The number of hydrogen-bond acceptors (Lipinski definition) is 4. The lowest BCUT2D eigenvalue weighted by Crippen LogP contribution is -2.45. The first kappa shape index (κ1) is 14.9. The van der Waals surface area contributed by atoms with Crippen LogP contribution in [0.3, 0.4) is 0 Å². The number of nitrogens with zero attached hydrogens (tertiary/aromatic N) is 1. The molecule has 1 fully saturated rings. The Bertz CT molecular complexity index is 480. The van der Waals surface area contributed by atoms with Gasteiger partial charge in [0.25, 0.3) is 0 Å². The van der Waals surface area contributed by atoms with Gasteiger partial charge >= 0.3 is 0 Å². The minimum atomic E-state index is -1.10. The van der Waals surface area contributed by atoms with Crippen LogP contribution in [0.2, 0.25) is 0 Å². The molecule has 0 spiro atoms. The predicted octanol–water partition coefficient (Wildman–Crippen LogP) is 0.823. The van der Waals surface area contributed by atoms with Crippen molar-refractivity contribution in [1.29, 1.82) is 0 Å². The molecule has 1 aliphatic heterocycles. The van der Waals surface area contributed by atoms with E-state index in [1.54, 1.807) is 11.3 Å². The van der Waals surface area contributed by atoms with Crippen LogP contribution in [0.5, 0.6) is 0 Å². The molecule has 0 aromatic carbocycles. The molecule has 1 aliphatic rings. The maximum atomic E-state index is 13.3. The van der Waals surface area contributed by atoms with Crippen LogP contribution in [-0.2, 0) is 9.59 Å². The molecular weight excluding hydrogens is 281 g/mol. The van der Waals surface area contributed by atoms with Gasteiger partial charge in [-0.05, 0) is 18.4 Å². The number of hydrogen-bond donors (Lipinski definition) is 2. The molecule has 0 bridgehead atoms. The highest BCUT2D eigenvalue weighted by atomic mass is 32.1. The van der Waals surface area contributed by atoms with Gasteiger partial charge in [0, 0.05) is 17.8 Å². The normalized spacial score (nSPS) is 24.5. The van der Waals surface area contributed by atoms with E-state index in [-0.39, 0.29) is 31.5 Å². The molecule has 2 amide bonds. The summed E-state index contributed by atoms with van der Waals surface area (Å²) in [4.78, 5) is 25.7. The van der Waals surface area contributed by atoms with Crippen LogP contribution < -0.4 is 11.1 Å². The smallest absolute Gasteiger partial charge is 0.234 e. The van der Waals surface area contributed by atoms with E-state index in [1.165, 1.54) is 4.90 Å². The average molecular weight is 299 g/mol. The van der Waals surface area contributed by atoms with Crippen molar-refractivity contribution in [3.05, 3.63) is 22.4 Å². The van der Waals surface area contributed by atoms with E-state index in [0.29, 0.717) is 0 Å². The van der Waals surface area contributed by atoms with Crippen LogP contribution in [0.4, 0.5) is 4.39 Å². The molecule has 1 unspecified atom stereocenters. The Morgan fingerprint density at radius 3 is 3.00 bits per heavy atom. The third-order valence-corrected chi connectivity index (χ3v) is 4.43. The van der Waals surface area contributed by atoms with Crippen molar-refractivity contribution in [1.82, 2.24) is 10.2 Å². The number of nitrogens with one attached hydrogen (secondary N) is 1. The summed E-state index contributed by atoms with van der Waals surface area (Å²) in [6.45, 7) is 1.95. The van der Waals surface area contributed by atoms with Gasteiger partial charge in [0.1, 0.15) is 6.17 Å². The molecule has 2 heterocycles. The minimum Gasteiger partial charge on any atom is -0.368 e. The first-order chi connectivity index (χ1) is 9.47. The molecule has 2 rings (SSSR count). The van der Waals surface area contributed by atoms with Gasteiger partial charge in [-0.1, -0.05) is 6.07 Å². The maximum Gasteiger partial charge on any atom is 0.234 e. The minimum absolute atomic E-state index is 0.0102. The van der Waals surface area contributed by atoms with E-state index in [9.17, 15) is 14.0 Å². The summed E-state index contributed by atoms with van der Waals surface area (Å²) in [5, 5.41) is 4.78. The third-order valence-electron chi connectivity index (χ3n) is 3.37. The molecule has 0 radical (unpaired) electrons. The van der Waals surface area contributed by atoms with Crippen LogP contribution in [0, 0.1) is 0 Å². The number of thiophene rings is 1. The Morgan fingerprint density at radius 1 is 1.65 bits per heavy atom. The Morgan fingerprint density at radius 2 is 2.40 bits per heavy atom. The Balaban J connectivity index is 1.89. The van der Waals surface area contributed by atoms with E-state index in [2.05, 4.69) is 5.32 Å².